The molecule has 19 heavy (non-hydrogen) atoms. The Balaban J connectivity index is 1.96. The molecule has 1 atom stereocenters. The van der Waals surface area contributed by atoms with Crippen LogP contribution in [0.4, 0.5) is 0 Å². The SMILES string of the molecule is CCC(CNC(=O)CN)N1CCc2ccccc2C1. The molecule has 1 heterocycles. The highest BCUT2D eigenvalue weighted by Gasteiger charge is 2.22. The lowest BCUT2D eigenvalue weighted by atomic mass is 9.98. The highest BCUT2D eigenvalue weighted by molar-refractivity contribution is 5.77. The Bertz CT molecular complexity index is 433. The molecule has 104 valence electrons. The normalized spacial score (nSPS) is 16.7. The summed E-state index contributed by atoms with van der Waals surface area (Å²) in [6, 6.07) is 9.01. The van der Waals surface area contributed by atoms with E-state index in [2.05, 4.69) is 41.4 Å². The van der Waals surface area contributed by atoms with Gasteiger partial charge in [-0.05, 0) is 24.0 Å². The van der Waals surface area contributed by atoms with Crippen LogP contribution < -0.4 is 11.1 Å². The first-order chi connectivity index (χ1) is 9.24. The lowest BCUT2D eigenvalue weighted by molar-refractivity contribution is -0.120. The van der Waals surface area contributed by atoms with E-state index in [1.807, 2.05) is 0 Å². The van der Waals surface area contributed by atoms with Crippen LogP contribution in [0, 0.1) is 0 Å². The molecule has 2 rings (SSSR count). The Labute approximate surface area is 115 Å². The number of nitrogens with one attached hydrogen (secondary N) is 1. The lowest BCUT2D eigenvalue weighted by Crippen LogP contribution is -2.46. The average molecular weight is 261 g/mol. The summed E-state index contributed by atoms with van der Waals surface area (Å²) in [6.07, 6.45) is 2.13. The average Bonchev–Trinajstić information content (AvgIpc) is 2.47. The van der Waals surface area contributed by atoms with Crippen molar-refractivity contribution in [2.75, 3.05) is 19.6 Å². The maximum atomic E-state index is 11.3. The molecule has 1 aliphatic rings. The summed E-state index contributed by atoms with van der Waals surface area (Å²) in [5, 5.41) is 2.90. The molecule has 0 fully saturated rings. The van der Waals surface area contributed by atoms with E-state index in [0.717, 1.165) is 25.9 Å². The second kappa shape index (κ2) is 6.68. The number of hydrogen-bond acceptors (Lipinski definition) is 3. The van der Waals surface area contributed by atoms with Gasteiger partial charge in [0.15, 0.2) is 0 Å². The smallest absolute Gasteiger partial charge is 0.233 e. The minimum Gasteiger partial charge on any atom is -0.353 e. The van der Waals surface area contributed by atoms with E-state index in [0.29, 0.717) is 12.6 Å². The minimum atomic E-state index is -0.0733. The van der Waals surface area contributed by atoms with Crippen LogP contribution in [-0.2, 0) is 17.8 Å². The number of carbonyl (C=O) groups excluding carboxylic acids is 1. The molecule has 0 spiro atoms. The van der Waals surface area contributed by atoms with Gasteiger partial charge in [-0.1, -0.05) is 31.2 Å². The topological polar surface area (TPSA) is 58.4 Å². The fourth-order valence-corrected chi connectivity index (χ4v) is 2.66. The Morgan fingerprint density at radius 2 is 2.16 bits per heavy atom. The molecule has 0 bridgehead atoms. The third kappa shape index (κ3) is 3.55. The summed E-state index contributed by atoms with van der Waals surface area (Å²) in [6.45, 7) is 4.97. The largest absolute Gasteiger partial charge is 0.353 e. The quantitative estimate of drug-likeness (QED) is 0.828. The van der Waals surface area contributed by atoms with E-state index in [4.69, 9.17) is 5.73 Å². The van der Waals surface area contributed by atoms with Crippen molar-refractivity contribution in [1.82, 2.24) is 10.2 Å². The van der Waals surface area contributed by atoms with Crippen LogP contribution in [0.1, 0.15) is 24.5 Å². The predicted molar refractivity (Wildman–Crippen MR) is 76.7 cm³/mol. The van der Waals surface area contributed by atoms with Gasteiger partial charge in [0.1, 0.15) is 0 Å². The molecule has 1 aromatic rings. The van der Waals surface area contributed by atoms with Crippen LogP contribution in [0.2, 0.25) is 0 Å². The summed E-state index contributed by atoms with van der Waals surface area (Å²) in [7, 11) is 0. The van der Waals surface area contributed by atoms with Crippen molar-refractivity contribution in [2.24, 2.45) is 5.73 Å². The fraction of sp³-hybridized carbons (Fsp3) is 0.533. The summed E-state index contributed by atoms with van der Waals surface area (Å²) in [4.78, 5) is 13.7. The van der Waals surface area contributed by atoms with Gasteiger partial charge in [-0.25, -0.2) is 0 Å². The lowest BCUT2D eigenvalue weighted by Gasteiger charge is -2.35. The predicted octanol–water partition coefficient (Wildman–Crippen LogP) is 0.898. The number of fused-ring (bicyclic) bond motifs is 1. The number of rotatable bonds is 5. The minimum absolute atomic E-state index is 0.0687. The van der Waals surface area contributed by atoms with Gasteiger partial charge in [0.05, 0.1) is 6.54 Å². The number of benzene rings is 1. The van der Waals surface area contributed by atoms with Gasteiger partial charge in [0.2, 0.25) is 5.91 Å². The summed E-state index contributed by atoms with van der Waals surface area (Å²) >= 11 is 0. The van der Waals surface area contributed by atoms with Crippen LogP contribution in [0.25, 0.3) is 0 Å². The van der Waals surface area contributed by atoms with E-state index in [9.17, 15) is 4.79 Å². The molecule has 4 heteroatoms. The van der Waals surface area contributed by atoms with Gasteiger partial charge in [-0.3, -0.25) is 9.69 Å². The standard InChI is InChI=1S/C15H23N3O/c1-2-14(10-17-15(19)9-16)18-8-7-12-5-3-4-6-13(12)11-18/h3-6,14H,2,7-11,16H2,1H3,(H,17,19). The van der Waals surface area contributed by atoms with Crippen LogP contribution in [0.3, 0.4) is 0 Å². The van der Waals surface area contributed by atoms with Gasteiger partial charge in [0, 0.05) is 25.7 Å². The molecule has 3 N–H and O–H groups in total. The van der Waals surface area contributed by atoms with Gasteiger partial charge in [-0.2, -0.15) is 0 Å². The van der Waals surface area contributed by atoms with Crippen molar-refractivity contribution < 1.29 is 4.79 Å². The first kappa shape index (κ1) is 14.0. The van der Waals surface area contributed by atoms with Gasteiger partial charge < -0.3 is 11.1 Å². The zero-order valence-electron chi connectivity index (χ0n) is 11.6. The number of hydrogen-bond donors (Lipinski definition) is 2. The molecule has 0 radical (unpaired) electrons. The van der Waals surface area contributed by atoms with E-state index in [-0.39, 0.29) is 12.5 Å². The number of carbonyl (C=O) groups is 1. The highest BCUT2D eigenvalue weighted by atomic mass is 16.1. The summed E-state index contributed by atoms with van der Waals surface area (Å²) < 4.78 is 0. The Morgan fingerprint density at radius 1 is 1.42 bits per heavy atom. The van der Waals surface area contributed by atoms with Gasteiger partial charge in [0.25, 0.3) is 0 Å². The Hall–Kier alpha value is -1.39. The second-order valence-electron chi connectivity index (χ2n) is 5.06. The summed E-state index contributed by atoms with van der Waals surface area (Å²) in [5.74, 6) is -0.0733. The molecule has 4 nitrogen and oxygen atoms in total. The first-order valence-electron chi connectivity index (χ1n) is 7.02. The molecule has 0 saturated carbocycles. The van der Waals surface area contributed by atoms with Crippen LogP contribution in [0.15, 0.2) is 24.3 Å². The number of nitrogens with two attached hydrogens (primary N) is 1. The maximum absolute atomic E-state index is 11.3. The molecular weight excluding hydrogens is 238 g/mol. The zero-order chi connectivity index (χ0) is 13.7. The van der Waals surface area contributed by atoms with Crippen LogP contribution in [0.5, 0.6) is 0 Å². The van der Waals surface area contributed by atoms with Crippen LogP contribution in [-0.4, -0.2) is 36.5 Å². The van der Waals surface area contributed by atoms with Crippen LogP contribution >= 0.6 is 0 Å². The van der Waals surface area contributed by atoms with Crippen molar-refractivity contribution in [3.05, 3.63) is 35.4 Å². The molecule has 1 amide bonds. The van der Waals surface area contributed by atoms with Crippen molar-refractivity contribution >= 4 is 5.91 Å². The molecular formula is C15H23N3O. The summed E-state index contributed by atoms with van der Waals surface area (Å²) in [5.41, 5.74) is 8.19. The Morgan fingerprint density at radius 3 is 2.84 bits per heavy atom. The third-order valence-electron chi connectivity index (χ3n) is 3.87. The maximum Gasteiger partial charge on any atom is 0.233 e. The zero-order valence-corrected chi connectivity index (χ0v) is 11.6. The molecule has 1 unspecified atom stereocenters. The molecule has 1 aliphatic heterocycles. The van der Waals surface area contributed by atoms with Gasteiger partial charge in [-0.15, -0.1) is 0 Å². The number of amides is 1. The van der Waals surface area contributed by atoms with Crippen molar-refractivity contribution in [1.29, 1.82) is 0 Å². The van der Waals surface area contributed by atoms with Gasteiger partial charge >= 0.3 is 0 Å². The molecule has 1 aromatic carbocycles. The molecule has 0 aliphatic carbocycles. The Kier molecular flexibility index (Phi) is 4.93. The van der Waals surface area contributed by atoms with E-state index in [1.54, 1.807) is 0 Å². The van der Waals surface area contributed by atoms with Crippen molar-refractivity contribution in [3.8, 4) is 0 Å². The molecule has 0 saturated heterocycles. The first-order valence-corrected chi connectivity index (χ1v) is 7.02. The fourth-order valence-electron chi connectivity index (χ4n) is 2.66. The molecule has 0 aromatic heterocycles. The van der Waals surface area contributed by atoms with Crippen molar-refractivity contribution in [3.63, 3.8) is 0 Å². The monoisotopic (exact) mass is 261 g/mol. The van der Waals surface area contributed by atoms with E-state index in [1.165, 1.54) is 11.1 Å². The van der Waals surface area contributed by atoms with E-state index >= 15 is 0 Å². The number of nitrogens with zero attached hydrogens (tertiary/aromatic N) is 1. The second-order valence-corrected chi connectivity index (χ2v) is 5.06. The highest BCUT2D eigenvalue weighted by Crippen LogP contribution is 2.20. The van der Waals surface area contributed by atoms with E-state index < -0.39 is 0 Å². The van der Waals surface area contributed by atoms with Crippen molar-refractivity contribution in [2.45, 2.75) is 32.4 Å². The third-order valence-corrected chi connectivity index (χ3v) is 3.87.